The number of hydrogen-bond acceptors (Lipinski definition) is 3. The summed E-state index contributed by atoms with van der Waals surface area (Å²) in [6.45, 7) is 1.01. The summed E-state index contributed by atoms with van der Waals surface area (Å²) in [5, 5.41) is 3.88. The number of aromatic amines is 1. The molecule has 0 atom stereocenters. The molecule has 21 heavy (non-hydrogen) atoms. The van der Waals surface area contributed by atoms with Crippen LogP contribution in [0.5, 0.6) is 0 Å². The summed E-state index contributed by atoms with van der Waals surface area (Å²) in [6, 6.07) is 0. The van der Waals surface area contributed by atoms with Gasteiger partial charge in [-0.3, -0.25) is 5.10 Å². The Morgan fingerprint density at radius 3 is 2.10 bits per heavy atom. The van der Waals surface area contributed by atoms with Crippen molar-refractivity contribution in [3.63, 3.8) is 0 Å². The maximum Gasteiger partial charge on any atom is 0.459 e. The van der Waals surface area contributed by atoms with Crippen molar-refractivity contribution in [3.8, 4) is 0 Å². The average molecular weight is 322 g/mol. The van der Waals surface area contributed by atoms with E-state index in [1.165, 1.54) is 12.0 Å². The fourth-order valence-corrected chi connectivity index (χ4v) is 1.43. The Bertz CT molecular complexity index is 530. The maximum absolute atomic E-state index is 13.3. The number of nitrogens with zero attached hydrogens (tertiary/aromatic N) is 1. The third-order valence-electron chi connectivity index (χ3n) is 2.33. The molecule has 0 unspecified atom stereocenters. The van der Waals surface area contributed by atoms with Crippen molar-refractivity contribution in [2.75, 3.05) is 6.61 Å². The van der Waals surface area contributed by atoms with Crippen LogP contribution in [0, 0.1) is 0 Å². The molecule has 11 heteroatoms. The highest BCUT2D eigenvalue weighted by Gasteiger charge is 2.62. The second-order valence-corrected chi connectivity index (χ2v) is 4.00. The summed E-state index contributed by atoms with van der Waals surface area (Å²) in [5.41, 5.74) is -5.24. The number of H-pyrrole nitrogens is 1. The summed E-state index contributed by atoms with van der Waals surface area (Å²) in [7, 11) is 0. The molecule has 0 aliphatic heterocycles. The van der Waals surface area contributed by atoms with Gasteiger partial charge in [0.05, 0.1) is 6.61 Å². The van der Waals surface area contributed by atoms with E-state index in [4.69, 9.17) is 0 Å². The van der Waals surface area contributed by atoms with Crippen LogP contribution < -0.4 is 0 Å². The molecular weight excluding hydrogens is 313 g/mol. The lowest BCUT2D eigenvalue weighted by molar-refractivity contribution is -0.291. The lowest BCUT2D eigenvalue weighted by Gasteiger charge is -2.19. The number of rotatable bonds is 4. The zero-order valence-corrected chi connectivity index (χ0v) is 10.6. The van der Waals surface area contributed by atoms with E-state index in [1.807, 2.05) is 0 Å². The Balaban J connectivity index is 3.55. The van der Waals surface area contributed by atoms with Crippen molar-refractivity contribution in [2.45, 2.75) is 31.9 Å². The van der Waals surface area contributed by atoms with Gasteiger partial charge in [-0.1, -0.05) is 0 Å². The van der Waals surface area contributed by atoms with Crippen LogP contribution in [0.2, 0.25) is 0 Å². The molecule has 0 aliphatic rings. The molecular formula is C10H9F7N2O2. The van der Waals surface area contributed by atoms with E-state index in [-0.39, 0.29) is 6.92 Å². The number of hydrogen-bond donors (Lipinski definition) is 1. The maximum atomic E-state index is 13.3. The van der Waals surface area contributed by atoms with Gasteiger partial charge in [-0.25, -0.2) is 4.79 Å². The van der Waals surface area contributed by atoms with Crippen LogP contribution >= 0.6 is 0 Å². The van der Waals surface area contributed by atoms with Crippen molar-refractivity contribution in [3.05, 3.63) is 17.0 Å². The average Bonchev–Trinajstić information content (AvgIpc) is 2.71. The van der Waals surface area contributed by atoms with Gasteiger partial charge in [-0.2, -0.15) is 35.8 Å². The molecule has 1 heterocycles. The lowest BCUT2D eigenvalue weighted by Crippen LogP contribution is -2.36. The molecule has 0 bridgehead atoms. The van der Waals surface area contributed by atoms with E-state index in [1.54, 1.807) is 0 Å². The van der Waals surface area contributed by atoms with Gasteiger partial charge in [-0.05, 0) is 6.92 Å². The van der Waals surface area contributed by atoms with Crippen LogP contribution in [-0.2, 0) is 16.6 Å². The zero-order chi connectivity index (χ0) is 16.6. The van der Waals surface area contributed by atoms with Gasteiger partial charge in [0.2, 0.25) is 0 Å². The molecule has 0 radical (unpaired) electrons. The molecule has 0 amide bonds. The predicted octanol–water partition coefficient (Wildman–Crippen LogP) is 3.35. The first-order valence-electron chi connectivity index (χ1n) is 5.42. The van der Waals surface area contributed by atoms with E-state index < -0.39 is 47.5 Å². The Labute approximate surface area is 113 Å². The molecule has 1 rings (SSSR count). The second-order valence-electron chi connectivity index (χ2n) is 4.00. The summed E-state index contributed by atoms with van der Waals surface area (Å²) in [5.74, 6) is -11.2. The first-order valence-corrected chi connectivity index (χ1v) is 5.42. The van der Waals surface area contributed by atoms with Gasteiger partial charge in [0.25, 0.3) is 5.92 Å². The fourth-order valence-electron chi connectivity index (χ4n) is 1.43. The second kappa shape index (κ2) is 5.19. The first kappa shape index (κ1) is 17.2. The summed E-state index contributed by atoms with van der Waals surface area (Å²) in [6.07, 6.45) is -6.10. The summed E-state index contributed by atoms with van der Waals surface area (Å²) in [4.78, 5) is 11.5. The third-order valence-corrected chi connectivity index (χ3v) is 2.33. The highest BCUT2D eigenvalue weighted by atomic mass is 19.4. The van der Waals surface area contributed by atoms with E-state index in [0.29, 0.717) is 0 Å². The molecule has 0 fully saturated rings. The SMILES string of the molecule is CCOC(=O)c1c(C(C)(F)F)n[nH]c1C(F)(F)C(F)(F)F. The minimum Gasteiger partial charge on any atom is -0.462 e. The molecule has 0 spiro atoms. The van der Waals surface area contributed by atoms with Gasteiger partial charge >= 0.3 is 18.1 Å². The van der Waals surface area contributed by atoms with Gasteiger partial charge in [-0.15, -0.1) is 0 Å². The quantitative estimate of drug-likeness (QED) is 0.683. The standard InChI is InChI=1S/C10H9F7N2O2/c1-3-21-7(20)4-5(8(2,11)12)18-19-6(4)9(13,14)10(15,16)17/h3H2,1-2H3,(H,18,19). The van der Waals surface area contributed by atoms with Crippen molar-refractivity contribution < 1.29 is 40.3 Å². The number of carbonyl (C=O) groups excluding carboxylic acids is 1. The smallest absolute Gasteiger partial charge is 0.459 e. The highest BCUT2D eigenvalue weighted by molar-refractivity contribution is 5.92. The van der Waals surface area contributed by atoms with E-state index in [9.17, 15) is 35.5 Å². The van der Waals surface area contributed by atoms with Crippen LogP contribution in [0.3, 0.4) is 0 Å². The third kappa shape index (κ3) is 3.10. The molecule has 4 nitrogen and oxygen atoms in total. The number of halogens is 7. The lowest BCUT2D eigenvalue weighted by atomic mass is 10.0. The number of esters is 1. The minimum absolute atomic E-state index is 0.196. The molecule has 0 aliphatic carbocycles. The number of aromatic nitrogens is 2. The van der Waals surface area contributed by atoms with Crippen molar-refractivity contribution in [1.29, 1.82) is 0 Å². The molecule has 120 valence electrons. The number of ether oxygens (including phenoxy) is 1. The zero-order valence-electron chi connectivity index (χ0n) is 10.6. The Morgan fingerprint density at radius 1 is 1.19 bits per heavy atom. The predicted molar refractivity (Wildman–Crippen MR) is 54.1 cm³/mol. The Morgan fingerprint density at radius 2 is 1.71 bits per heavy atom. The van der Waals surface area contributed by atoms with Gasteiger partial charge in [0.15, 0.2) is 0 Å². The van der Waals surface area contributed by atoms with Crippen LogP contribution in [0.1, 0.15) is 35.6 Å². The van der Waals surface area contributed by atoms with Gasteiger partial charge in [0, 0.05) is 6.92 Å². The van der Waals surface area contributed by atoms with Crippen LogP contribution in [-0.4, -0.2) is 28.9 Å². The van der Waals surface area contributed by atoms with Crippen LogP contribution in [0.15, 0.2) is 0 Å². The number of nitrogens with one attached hydrogen (secondary N) is 1. The molecule has 1 aromatic rings. The molecule has 0 aromatic carbocycles. The molecule has 0 saturated carbocycles. The van der Waals surface area contributed by atoms with E-state index in [0.717, 1.165) is 0 Å². The number of carbonyl (C=O) groups is 1. The molecule has 1 N–H and O–H groups in total. The van der Waals surface area contributed by atoms with Gasteiger partial charge in [0.1, 0.15) is 17.0 Å². The summed E-state index contributed by atoms with van der Waals surface area (Å²) < 4.78 is 94.1. The topological polar surface area (TPSA) is 55.0 Å². The summed E-state index contributed by atoms with van der Waals surface area (Å²) >= 11 is 0. The van der Waals surface area contributed by atoms with E-state index in [2.05, 4.69) is 9.84 Å². The number of alkyl halides is 7. The molecule has 0 saturated heterocycles. The van der Waals surface area contributed by atoms with Crippen LogP contribution in [0.25, 0.3) is 0 Å². The Hall–Kier alpha value is -1.81. The minimum atomic E-state index is -6.10. The van der Waals surface area contributed by atoms with Crippen molar-refractivity contribution in [2.24, 2.45) is 0 Å². The van der Waals surface area contributed by atoms with Crippen LogP contribution in [0.4, 0.5) is 30.7 Å². The van der Waals surface area contributed by atoms with Gasteiger partial charge < -0.3 is 4.74 Å². The van der Waals surface area contributed by atoms with Crippen molar-refractivity contribution in [1.82, 2.24) is 10.2 Å². The monoisotopic (exact) mass is 322 g/mol. The fraction of sp³-hybridized carbons (Fsp3) is 0.600. The van der Waals surface area contributed by atoms with E-state index >= 15 is 0 Å². The normalized spacial score (nSPS) is 13.4. The largest absolute Gasteiger partial charge is 0.462 e. The van der Waals surface area contributed by atoms with Crippen molar-refractivity contribution >= 4 is 5.97 Å². The molecule has 1 aromatic heterocycles. The Kier molecular flexibility index (Phi) is 4.26. The highest BCUT2D eigenvalue weighted by Crippen LogP contribution is 2.46. The first-order chi connectivity index (χ1) is 9.34.